The molecule has 0 spiro atoms. The molecule has 1 aromatic rings. The third-order valence-corrected chi connectivity index (χ3v) is 6.72. The highest BCUT2D eigenvalue weighted by Gasteiger charge is 2.26. The number of aromatic nitrogens is 1. The predicted molar refractivity (Wildman–Crippen MR) is 138 cm³/mol. The van der Waals surface area contributed by atoms with Crippen LogP contribution in [-0.2, 0) is 11.3 Å². The Balaban J connectivity index is 0.00000341. The van der Waals surface area contributed by atoms with Gasteiger partial charge >= 0.3 is 0 Å². The van der Waals surface area contributed by atoms with Crippen LogP contribution >= 0.6 is 24.0 Å². The molecule has 1 atom stereocenters. The Morgan fingerprint density at radius 3 is 2.68 bits per heavy atom. The number of nitrogens with two attached hydrogens (primary N) is 1. The third kappa shape index (κ3) is 7.22. The minimum absolute atomic E-state index is 0. The predicted octanol–water partition coefficient (Wildman–Crippen LogP) is 3.28. The van der Waals surface area contributed by atoms with Crippen LogP contribution in [0, 0.1) is 17.8 Å². The number of aliphatic imine (C=N–C) groups is 1. The van der Waals surface area contributed by atoms with Crippen LogP contribution in [0.15, 0.2) is 23.3 Å². The average molecular weight is 543 g/mol. The highest BCUT2D eigenvalue weighted by Crippen LogP contribution is 2.30. The first-order valence-electron chi connectivity index (χ1n) is 11.4. The van der Waals surface area contributed by atoms with Crippen LogP contribution in [0.3, 0.4) is 0 Å². The lowest BCUT2D eigenvalue weighted by molar-refractivity contribution is -0.122. The van der Waals surface area contributed by atoms with Crippen LogP contribution in [0.25, 0.3) is 0 Å². The summed E-state index contributed by atoms with van der Waals surface area (Å²) in [6, 6.07) is 4.53. The number of nitrogens with one attached hydrogen (secondary N) is 2. The molecule has 1 amide bonds. The van der Waals surface area contributed by atoms with Gasteiger partial charge in [-0.2, -0.15) is 0 Å². The Kier molecular flexibility index (Phi) is 10.3. The van der Waals surface area contributed by atoms with Gasteiger partial charge in [-0.1, -0.05) is 19.9 Å². The molecule has 1 saturated heterocycles. The first-order valence-corrected chi connectivity index (χ1v) is 11.4. The molecule has 0 aromatic carbocycles. The lowest BCUT2D eigenvalue weighted by Crippen LogP contribution is -2.45. The maximum Gasteiger partial charge on any atom is 0.222 e. The fourth-order valence-electron chi connectivity index (χ4n) is 4.75. The van der Waals surface area contributed by atoms with Gasteiger partial charge in [0.1, 0.15) is 5.82 Å². The second-order valence-electron chi connectivity index (χ2n) is 9.10. The van der Waals surface area contributed by atoms with Gasteiger partial charge in [0.2, 0.25) is 5.91 Å². The van der Waals surface area contributed by atoms with Crippen LogP contribution < -0.4 is 21.3 Å². The van der Waals surface area contributed by atoms with Crippen molar-refractivity contribution in [2.75, 3.05) is 25.0 Å². The summed E-state index contributed by atoms with van der Waals surface area (Å²) < 4.78 is 0. The molecule has 31 heavy (non-hydrogen) atoms. The topological polar surface area (TPSA) is 95.6 Å². The maximum atomic E-state index is 11.7. The molecule has 7 nitrogen and oxygen atoms in total. The van der Waals surface area contributed by atoms with Gasteiger partial charge in [-0.05, 0) is 56.4 Å². The first kappa shape index (κ1) is 25.7. The Hall–Kier alpha value is -1.58. The smallest absolute Gasteiger partial charge is 0.222 e. The Bertz CT molecular complexity index is 733. The van der Waals surface area contributed by atoms with Gasteiger partial charge in [-0.25, -0.2) is 4.98 Å². The van der Waals surface area contributed by atoms with Crippen molar-refractivity contribution in [2.45, 2.75) is 65.0 Å². The van der Waals surface area contributed by atoms with E-state index in [1.807, 2.05) is 19.3 Å². The number of primary amides is 1. The number of nitrogens with zero attached hydrogens (tertiary/aromatic N) is 3. The summed E-state index contributed by atoms with van der Waals surface area (Å²) in [5.41, 5.74) is 6.66. The van der Waals surface area contributed by atoms with Gasteiger partial charge in [0.15, 0.2) is 5.96 Å². The van der Waals surface area contributed by atoms with Gasteiger partial charge in [-0.3, -0.25) is 9.79 Å². The zero-order chi connectivity index (χ0) is 21.5. The van der Waals surface area contributed by atoms with Crippen molar-refractivity contribution >= 4 is 41.7 Å². The molecule has 0 radical (unpaired) electrons. The molecule has 1 aliphatic heterocycles. The number of amides is 1. The molecule has 4 N–H and O–H groups in total. The standard InChI is InChI=1S/C23H38N6O.HI/c1-16(2)17-8-10-20(11-9-17)28-23(25-3)27-14-18-6-4-12-26-22(18)29-13-5-7-19(15-29)21(24)30;/h4,6,12,16-17,19-20H,5,7-11,13-15H2,1-3H3,(H2,24,30)(H2,25,27,28);1H. The van der Waals surface area contributed by atoms with Crippen LogP contribution in [0.2, 0.25) is 0 Å². The fraction of sp³-hybridized carbons (Fsp3) is 0.696. The van der Waals surface area contributed by atoms with E-state index in [2.05, 4.69) is 45.4 Å². The molecular formula is C23H39IN6O. The lowest BCUT2D eigenvalue weighted by atomic mass is 9.80. The van der Waals surface area contributed by atoms with E-state index in [-0.39, 0.29) is 35.8 Å². The van der Waals surface area contributed by atoms with E-state index < -0.39 is 0 Å². The summed E-state index contributed by atoms with van der Waals surface area (Å²) in [5, 5.41) is 7.06. The Morgan fingerprint density at radius 2 is 2.03 bits per heavy atom. The molecule has 1 unspecified atom stereocenters. The zero-order valence-corrected chi connectivity index (χ0v) is 21.5. The normalized spacial score (nSPS) is 24.5. The number of hydrogen-bond acceptors (Lipinski definition) is 4. The monoisotopic (exact) mass is 542 g/mol. The maximum absolute atomic E-state index is 11.7. The second kappa shape index (κ2) is 12.5. The van der Waals surface area contributed by atoms with E-state index in [0.29, 0.717) is 19.1 Å². The highest BCUT2D eigenvalue weighted by atomic mass is 127. The van der Waals surface area contributed by atoms with E-state index in [1.165, 1.54) is 25.7 Å². The van der Waals surface area contributed by atoms with E-state index in [9.17, 15) is 4.79 Å². The van der Waals surface area contributed by atoms with Crippen molar-refractivity contribution < 1.29 is 4.79 Å². The number of guanidine groups is 1. The fourth-order valence-corrected chi connectivity index (χ4v) is 4.75. The number of anilines is 1. The number of hydrogen-bond donors (Lipinski definition) is 3. The van der Waals surface area contributed by atoms with Gasteiger partial charge in [-0.15, -0.1) is 24.0 Å². The third-order valence-electron chi connectivity index (χ3n) is 6.72. The molecule has 8 heteroatoms. The van der Waals surface area contributed by atoms with E-state index in [1.54, 1.807) is 0 Å². The summed E-state index contributed by atoms with van der Waals surface area (Å²) in [6.07, 6.45) is 8.60. The Morgan fingerprint density at radius 1 is 1.29 bits per heavy atom. The van der Waals surface area contributed by atoms with Crippen molar-refractivity contribution in [3.05, 3.63) is 23.9 Å². The number of carbonyl (C=O) groups excluding carboxylic acids is 1. The Labute approximate surface area is 204 Å². The molecule has 2 fully saturated rings. The van der Waals surface area contributed by atoms with Gasteiger partial charge in [0.05, 0.1) is 5.92 Å². The minimum atomic E-state index is -0.216. The quantitative estimate of drug-likeness (QED) is 0.292. The highest BCUT2D eigenvalue weighted by molar-refractivity contribution is 14.0. The summed E-state index contributed by atoms with van der Waals surface area (Å²) in [5.74, 6) is 3.08. The average Bonchev–Trinajstić information content (AvgIpc) is 2.77. The summed E-state index contributed by atoms with van der Waals surface area (Å²) >= 11 is 0. The van der Waals surface area contributed by atoms with Crippen LogP contribution in [-0.4, -0.2) is 43.0 Å². The first-order chi connectivity index (χ1) is 14.5. The van der Waals surface area contributed by atoms with Crippen molar-refractivity contribution in [3.8, 4) is 0 Å². The molecule has 2 aliphatic rings. The minimum Gasteiger partial charge on any atom is -0.369 e. The van der Waals surface area contributed by atoms with Crippen molar-refractivity contribution in [1.29, 1.82) is 0 Å². The number of piperidine rings is 1. The molecular weight excluding hydrogens is 503 g/mol. The zero-order valence-electron chi connectivity index (χ0n) is 19.1. The van der Waals surface area contributed by atoms with Crippen molar-refractivity contribution in [3.63, 3.8) is 0 Å². The summed E-state index contributed by atoms with van der Waals surface area (Å²) in [6.45, 7) is 6.85. The van der Waals surface area contributed by atoms with E-state index in [4.69, 9.17) is 5.73 Å². The summed E-state index contributed by atoms with van der Waals surface area (Å²) in [4.78, 5) is 22.9. The van der Waals surface area contributed by atoms with Crippen molar-refractivity contribution in [1.82, 2.24) is 15.6 Å². The van der Waals surface area contributed by atoms with E-state index in [0.717, 1.165) is 48.6 Å². The molecule has 1 aromatic heterocycles. The number of rotatable bonds is 6. The number of halogens is 1. The number of pyridine rings is 1. The summed E-state index contributed by atoms with van der Waals surface area (Å²) in [7, 11) is 1.82. The molecule has 174 valence electrons. The van der Waals surface area contributed by atoms with Gasteiger partial charge < -0.3 is 21.3 Å². The molecule has 3 rings (SSSR count). The van der Waals surface area contributed by atoms with Gasteiger partial charge in [0, 0.05) is 44.5 Å². The largest absolute Gasteiger partial charge is 0.369 e. The molecule has 1 saturated carbocycles. The van der Waals surface area contributed by atoms with E-state index >= 15 is 0 Å². The van der Waals surface area contributed by atoms with Crippen LogP contribution in [0.4, 0.5) is 5.82 Å². The van der Waals surface area contributed by atoms with Gasteiger partial charge in [0.25, 0.3) is 0 Å². The number of carbonyl (C=O) groups is 1. The lowest BCUT2D eigenvalue weighted by Gasteiger charge is -2.33. The molecule has 1 aliphatic carbocycles. The van der Waals surface area contributed by atoms with Crippen LogP contribution in [0.1, 0.15) is 57.9 Å². The van der Waals surface area contributed by atoms with Crippen molar-refractivity contribution in [2.24, 2.45) is 28.5 Å². The SMILES string of the molecule is CN=C(NCc1cccnc1N1CCCC(C(N)=O)C1)NC1CCC(C(C)C)CC1.I. The molecule has 2 heterocycles. The molecule has 0 bridgehead atoms. The van der Waals surface area contributed by atoms with Crippen LogP contribution in [0.5, 0.6) is 0 Å². The second-order valence-corrected chi connectivity index (χ2v) is 9.10.